The average molecular weight is 622 g/mol. The Balaban J connectivity index is 1.37. The van der Waals surface area contributed by atoms with Crippen molar-refractivity contribution in [3.63, 3.8) is 0 Å². The van der Waals surface area contributed by atoms with Crippen LogP contribution in [0.2, 0.25) is 0 Å². The van der Waals surface area contributed by atoms with E-state index in [4.69, 9.17) is 4.74 Å². The van der Waals surface area contributed by atoms with Crippen LogP contribution in [0.5, 0.6) is 5.75 Å². The molecule has 0 saturated carbocycles. The Kier molecular flexibility index (Phi) is 11.8. The first-order chi connectivity index (χ1) is 21.6. The molecule has 4 rings (SSSR count). The molecular formula is C33H43N5O7. The van der Waals surface area contributed by atoms with Gasteiger partial charge in [-0.05, 0) is 55.8 Å². The number of rotatable bonds is 15. The first-order valence-electron chi connectivity index (χ1n) is 15.4. The first-order valence-corrected chi connectivity index (χ1v) is 15.4. The number of carbonyl (C=O) groups excluding carboxylic acids is 5. The molecule has 45 heavy (non-hydrogen) atoms. The van der Waals surface area contributed by atoms with Gasteiger partial charge in [0.2, 0.25) is 11.8 Å². The number of likely N-dealkylation sites (N-methyl/N-ethyl adjacent to an activating group) is 1. The van der Waals surface area contributed by atoms with Gasteiger partial charge >= 0.3 is 0 Å². The summed E-state index contributed by atoms with van der Waals surface area (Å²) in [6.07, 6.45) is 0.790. The number of Topliss-reactive ketones (excluding diaryl/α,β-unsaturated/α-hetero) is 1. The minimum atomic E-state index is -1.24. The molecule has 2 aromatic rings. The minimum Gasteiger partial charge on any atom is -0.492 e. The summed E-state index contributed by atoms with van der Waals surface area (Å²) >= 11 is 0. The van der Waals surface area contributed by atoms with Gasteiger partial charge < -0.3 is 15.0 Å². The fourth-order valence-corrected chi connectivity index (χ4v) is 5.61. The zero-order chi connectivity index (χ0) is 32.5. The molecule has 4 amide bonds. The van der Waals surface area contributed by atoms with E-state index in [0.29, 0.717) is 24.3 Å². The minimum absolute atomic E-state index is 0.182. The van der Waals surface area contributed by atoms with Crippen LogP contribution >= 0.6 is 0 Å². The van der Waals surface area contributed by atoms with E-state index in [2.05, 4.69) is 22.2 Å². The third kappa shape index (κ3) is 8.74. The van der Waals surface area contributed by atoms with E-state index in [1.807, 2.05) is 13.8 Å². The van der Waals surface area contributed by atoms with Crippen molar-refractivity contribution >= 4 is 29.4 Å². The van der Waals surface area contributed by atoms with E-state index >= 15 is 0 Å². The molecule has 0 aromatic heterocycles. The average Bonchev–Trinajstić information content (AvgIpc) is 3.28. The molecule has 242 valence electrons. The molecule has 0 bridgehead atoms. The summed E-state index contributed by atoms with van der Waals surface area (Å²) in [5, 5.41) is 12.2. The number of fused-ring (bicyclic) bond motifs is 1. The molecule has 12 nitrogen and oxygen atoms in total. The van der Waals surface area contributed by atoms with Crippen LogP contribution in [0.1, 0.15) is 57.8 Å². The first kappa shape index (κ1) is 33.8. The summed E-state index contributed by atoms with van der Waals surface area (Å²) in [6, 6.07) is 13.0. The standard InChI is InChI=1S/C33H43N5O7/c1-22(2)8-13-25(28(31(41)35-44)21-38-32(42)26-6-4-5-7-27(26)33(38)43)30(40)34-20-29(39)23-9-11-24(12-10-23)45-19-18-37-16-14-36(3)15-17-37/h4-7,9-12,22,25,28,44H,8,13-21H2,1-3H3,(H,34,40)(H,35,41)/t25-,28?/m1/s1. The number of hydrogen-bond acceptors (Lipinski definition) is 9. The maximum atomic E-state index is 13.5. The fraction of sp³-hybridized carbons (Fsp3) is 0.485. The van der Waals surface area contributed by atoms with Crippen LogP contribution in [0.25, 0.3) is 0 Å². The number of hydroxylamine groups is 1. The number of piperazine rings is 1. The van der Waals surface area contributed by atoms with E-state index in [9.17, 15) is 29.2 Å². The molecule has 0 aliphatic carbocycles. The lowest BCUT2D eigenvalue weighted by molar-refractivity contribution is -0.140. The molecule has 1 fully saturated rings. The predicted octanol–water partition coefficient (Wildman–Crippen LogP) is 2.08. The molecule has 2 aliphatic heterocycles. The molecule has 2 aliphatic rings. The van der Waals surface area contributed by atoms with Crippen molar-refractivity contribution in [2.75, 3.05) is 59.5 Å². The van der Waals surface area contributed by atoms with Crippen LogP contribution < -0.4 is 15.5 Å². The van der Waals surface area contributed by atoms with E-state index in [-0.39, 0.29) is 35.8 Å². The van der Waals surface area contributed by atoms with E-state index in [0.717, 1.165) is 37.6 Å². The maximum absolute atomic E-state index is 13.5. The third-order valence-electron chi connectivity index (χ3n) is 8.45. The van der Waals surface area contributed by atoms with E-state index in [1.54, 1.807) is 41.9 Å². The van der Waals surface area contributed by atoms with Gasteiger partial charge in [-0.2, -0.15) is 0 Å². The number of ether oxygens (including phenoxy) is 1. The second kappa shape index (κ2) is 15.7. The number of carbonyl (C=O) groups is 5. The van der Waals surface area contributed by atoms with Crippen molar-refractivity contribution in [1.29, 1.82) is 0 Å². The lowest BCUT2D eigenvalue weighted by Crippen LogP contribution is -2.48. The van der Waals surface area contributed by atoms with Crippen LogP contribution in [-0.4, -0.2) is 109 Å². The fourth-order valence-electron chi connectivity index (χ4n) is 5.61. The van der Waals surface area contributed by atoms with Gasteiger partial charge in [-0.25, -0.2) is 5.48 Å². The van der Waals surface area contributed by atoms with Crippen LogP contribution in [0.4, 0.5) is 0 Å². The summed E-state index contributed by atoms with van der Waals surface area (Å²) in [5.41, 5.74) is 2.40. The Labute approximate surface area is 263 Å². The van der Waals surface area contributed by atoms with Crippen LogP contribution in [0.15, 0.2) is 48.5 Å². The van der Waals surface area contributed by atoms with Crippen LogP contribution in [-0.2, 0) is 9.59 Å². The molecule has 2 aromatic carbocycles. The van der Waals surface area contributed by atoms with Crippen molar-refractivity contribution in [2.45, 2.75) is 26.7 Å². The Bertz CT molecular complexity index is 1340. The molecule has 2 heterocycles. The van der Waals surface area contributed by atoms with Crippen molar-refractivity contribution in [1.82, 2.24) is 25.5 Å². The normalized spacial score (nSPS) is 16.8. The van der Waals surface area contributed by atoms with E-state index in [1.165, 1.54) is 12.1 Å². The lowest BCUT2D eigenvalue weighted by atomic mass is 9.84. The monoisotopic (exact) mass is 621 g/mol. The molecule has 0 spiro atoms. The van der Waals surface area contributed by atoms with Gasteiger partial charge in [0.1, 0.15) is 12.4 Å². The van der Waals surface area contributed by atoms with Gasteiger partial charge in [0, 0.05) is 44.8 Å². The van der Waals surface area contributed by atoms with Gasteiger partial charge in [-0.15, -0.1) is 0 Å². The molecule has 12 heteroatoms. The quantitative estimate of drug-likeness (QED) is 0.118. The van der Waals surface area contributed by atoms with Gasteiger partial charge in [0.25, 0.3) is 11.8 Å². The van der Waals surface area contributed by atoms with Crippen molar-refractivity contribution in [3.8, 4) is 5.75 Å². The molecule has 2 atom stereocenters. The predicted molar refractivity (Wildman–Crippen MR) is 166 cm³/mol. The van der Waals surface area contributed by atoms with Crippen molar-refractivity contribution in [3.05, 3.63) is 65.2 Å². The number of hydrogen-bond donors (Lipinski definition) is 3. The highest BCUT2D eigenvalue weighted by Crippen LogP contribution is 2.28. The van der Waals surface area contributed by atoms with Crippen LogP contribution in [0.3, 0.4) is 0 Å². The number of amides is 4. The summed E-state index contributed by atoms with van der Waals surface area (Å²) in [5.74, 6) is -4.40. The lowest BCUT2D eigenvalue weighted by Gasteiger charge is -2.32. The highest BCUT2D eigenvalue weighted by atomic mass is 16.5. The van der Waals surface area contributed by atoms with E-state index < -0.39 is 42.0 Å². The van der Waals surface area contributed by atoms with Gasteiger partial charge in [-0.3, -0.25) is 39.0 Å². The molecule has 0 radical (unpaired) electrons. The second-order valence-corrected chi connectivity index (χ2v) is 12.1. The zero-order valence-electron chi connectivity index (χ0n) is 26.2. The van der Waals surface area contributed by atoms with Crippen LogP contribution in [0, 0.1) is 17.8 Å². The highest BCUT2D eigenvalue weighted by molar-refractivity contribution is 6.21. The number of ketones is 1. The second-order valence-electron chi connectivity index (χ2n) is 12.1. The Morgan fingerprint density at radius 3 is 2.07 bits per heavy atom. The smallest absolute Gasteiger partial charge is 0.261 e. The molecule has 1 unspecified atom stereocenters. The topological polar surface area (TPSA) is 149 Å². The van der Waals surface area contributed by atoms with Gasteiger partial charge in [0.15, 0.2) is 5.78 Å². The van der Waals surface area contributed by atoms with Gasteiger partial charge in [0.05, 0.1) is 29.5 Å². The maximum Gasteiger partial charge on any atom is 0.261 e. The Morgan fingerprint density at radius 2 is 1.49 bits per heavy atom. The number of benzene rings is 2. The Morgan fingerprint density at radius 1 is 0.867 bits per heavy atom. The van der Waals surface area contributed by atoms with Gasteiger partial charge in [-0.1, -0.05) is 32.4 Å². The SMILES string of the molecule is CC(C)CC[C@@H](C(=O)NCC(=O)c1ccc(OCCN2CCN(C)CC2)cc1)C(CN1C(=O)c2ccccc2C1=O)C(=O)NO. The zero-order valence-corrected chi connectivity index (χ0v) is 26.2. The molecule has 3 N–H and O–H groups in total. The highest BCUT2D eigenvalue weighted by Gasteiger charge is 2.42. The molecule has 1 saturated heterocycles. The largest absolute Gasteiger partial charge is 0.492 e. The Hall–Kier alpha value is -4.13. The van der Waals surface area contributed by atoms with Crippen molar-refractivity contribution < 1.29 is 33.9 Å². The number of imide groups is 1. The number of nitrogens with zero attached hydrogens (tertiary/aromatic N) is 3. The third-order valence-corrected chi connectivity index (χ3v) is 8.45. The summed E-state index contributed by atoms with van der Waals surface area (Å²) in [7, 11) is 2.11. The van der Waals surface area contributed by atoms with Crippen molar-refractivity contribution in [2.24, 2.45) is 17.8 Å². The summed E-state index contributed by atoms with van der Waals surface area (Å²) in [4.78, 5) is 70.9. The molecular weight excluding hydrogens is 578 g/mol. The summed E-state index contributed by atoms with van der Waals surface area (Å²) in [6.45, 7) is 8.64. The summed E-state index contributed by atoms with van der Waals surface area (Å²) < 4.78 is 5.85. The number of nitrogens with one attached hydrogen (secondary N) is 2.